The number of carbonyl (C=O) groups is 2. The number of carboxylic acids is 1. The molecule has 1 aliphatic heterocycles. The second-order valence-corrected chi connectivity index (χ2v) is 9.08. The number of nitrogens with one attached hydrogen (secondary N) is 1. The van der Waals surface area contributed by atoms with Crippen molar-refractivity contribution in [3.8, 4) is 0 Å². The Morgan fingerprint density at radius 3 is 2.65 bits per heavy atom. The van der Waals surface area contributed by atoms with Crippen molar-refractivity contribution in [2.75, 3.05) is 29.3 Å². The molecule has 0 spiro atoms. The van der Waals surface area contributed by atoms with E-state index in [1.165, 1.54) is 23.5 Å². The van der Waals surface area contributed by atoms with Crippen molar-refractivity contribution in [2.45, 2.75) is 24.1 Å². The maximum absolute atomic E-state index is 11.7. The molecule has 116 valence electrons. The summed E-state index contributed by atoms with van der Waals surface area (Å²) in [6.07, 6.45) is 2.82. The first-order valence-electron chi connectivity index (χ1n) is 6.17. The van der Waals surface area contributed by atoms with E-state index in [0.29, 0.717) is 18.6 Å². The van der Waals surface area contributed by atoms with Crippen LogP contribution >= 0.6 is 23.5 Å². The smallest absolute Gasteiger partial charge is 0.326 e. The fraction of sp³-hybridized carbons (Fsp3) is 0.818. The Morgan fingerprint density at radius 2 is 2.15 bits per heavy atom. The van der Waals surface area contributed by atoms with E-state index in [1.807, 2.05) is 6.26 Å². The van der Waals surface area contributed by atoms with Gasteiger partial charge in [0.1, 0.15) is 6.04 Å². The number of thioether (sulfide) groups is 2. The third-order valence-corrected chi connectivity index (χ3v) is 6.81. The molecule has 1 saturated heterocycles. The van der Waals surface area contributed by atoms with Crippen molar-refractivity contribution in [3.63, 3.8) is 0 Å². The molecule has 1 unspecified atom stereocenters. The van der Waals surface area contributed by atoms with E-state index in [2.05, 4.69) is 5.32 Å². The summed E-state index contributed by atoms with van der Waals surface area (Å²) in [4.78, 5) is 22.7. The Labute approximate surface area is 127 Å². The van der Waals surface area contributed by atoms with Gasteiger partial charge in [0.25, 0.3) is 0 Å². The van der Waals surface area contributed by atoms with Crippen LogP contribution in [0.5, 0.6) is 0 Å². The minimum atomic E-state index is -2.94. The first-order chi connectivity index (χ1) is 9.34. The number of rotatable bonds is 8. The third kappa shape index (κ3) is 6.36. The Kier molecular flexibility index (Phi) is 7.18. The summed E-state index contributed by atoms with van der Waals surface area (Å²) in [6, 6.07) is -0.872. The van der Waals surface area contributed by atoms with Gasteiger partial charge < -0.3 is 10.4 Å². The predicted molar refractivity (Wildman–Crippen MR) is 82.1 cm³/mol. The van der Waals surface area contributed by atoms with E-state index in [9.17, 15) is 18.0 Å². The third-order valence-electron chi connectivity index (χ3n) is 2.88. The molecule has 0 saturated carbocycles. The quantitative estimate of drug-likeness (QED) is 0.652. The van der Waals surface area contributed by atoms with E-state index in [0.717, 1.165) is 0 Å². The summed E-state index contributed by atoms with van der Waals surface area (Å²) in [5, 5.41) is 11.4. The van der Waals surface area contributed by atoms with Gasteiger partial charge in [-0.3, -0.25) is 4.79 Å². The number of amides is 1. The molecule has 0 aliphatic carbocycles. The van der Waals surface area contributed by atoms with Crippen molar-refractivity contribution >= 4 is 45.2 Å². The van der Waals surface area contributed by atoms with Crippen LogP contribution in [0.4, 0.5) is 0 Å². The van der Waals surface area contributed by atoms with E-state index < -0.39 is 21.8 Å². The number of carboxylic acid groups (broad SMARTS) is 1. The van der Waals surface area contributed by atoms with E-state index in [-0.39, 0.29) is 28.4 Å². The van der Waals surface area contributed by atoms with Crippen LogP contribution in [0.2, 0.25) is 0 Å². The zero-order valence-corrected chi connectivity index (χ0v) is 13.7. The van der Waals surface area contributed by atoms with Gasteiger partial charge in [0.05, 0.1) is 17.3 Å². The van der Waals surface area contributed by atoms with Crippen molar-refractivity contribution < 1.29 is 23.1 Å². The largest absolute Gasteiger partial charge is 0.480 e. The van der Waals surface area contributed by atoms with Crippen LogP contribution < -0.4 is 5.32 Å². The first kappa shape index (κ1) is 17.6. The molecule has 9 heteroatoms. The van der Waals surface area contributed by atoms with Gasteiger partial charge in [-0.15, -0.1) is 11.8 Å². The number of sulfone groups is 1. The van der Waals surface area contributed by atoms with Crippen LogP contribution in [0.15, 0.2) is 0 Å². The molecular formula is C11H19NO5S3. The fourth-order valence-corrected chi connectivity index (χ4v) is 5.74. The van der Waals surface area contributed by atoms with Crippen LogP contribution in [-0.2, 0) is 19.4 Å². The summed E-state index contributed by atoms with van der Waals surface area (Å²) in [6.45, 7) is 0. The van der Waals surface area contributed by atoms with Gasteiger partial charge in [-0.25, -0.2) is 13.2 Å². The molecule has 2 N–H and O–H groups in total. The maximum Gasteiger partial charge on any atom is 0.326 e. The van der Waals surface area contributed by atoms with E-state index in [4.69, 9.17) is 5.11 Å². The van der Waals surface area contributed by atoms with Gasteiger partial charge in [-0.05, 0) is 24.9 Å². The van der Waals surface area contributed by atoms with Crippen LogP contribution in [-0.4, -0.2) is 66.0 Å². The molecule has 0 aromatic rings. The molecule has 0 radical (unpaired) electrons. The zero-order valence-electron chi connectivity index (χ0n) is 11.2. The topological polar surface area (TPSA) is 101 Å². The van der Waals surface area contributed by atoms with Gasteiger partial charge in [-0.2, -0.15) is 11.8 Å². The average Bonchev–Trinajstić information content (AvgIpc) is 2.71. The molecule has 2 atom stereocenters. The molecule has 0 aromatic carbocycles. The van der Waals surface area contributed by atoms with Gasteiger partial charge in [0.15, 0.2) is 9.84 Å². The minimum Gasteiger partial charge on any atom is -0.480 e. The van der Waals surface area contributed by atoms with Gasteiger partial charge >= 0.3 is 5.97 Å². The molecule has 1 rings (SSSR count). The van der Waals surface area contributed by atoms with Crippen LogP contribution in [0.3, 0.4) is 0 Å². The summed E-state index contributed by atoms with van der Waals surface area (Å²) < 4.78 is 22.6. The highest BCUT2D eigenvalue weighted by Gasteiger charge is 2.29. The highest BCUT2D eigenvalue weighted by atomic mass is 32.2. The Morgan fingerprint density at radius 1 is 1.45 bits per heavy atom. The van der Waals surface area contributed by atoms with Crippen LogP contribution in [0.1, 0.15) is 12.8 Å². The maximum atomic E-state index is 11.7. The monoisotopic (exact) mass is 341 g/mol. The molecule has 0 bridgehead atoms. The van der Waals surface area contributed by atoms with Crippen molar-refractivity contribution in [2.24, 2.45) is 0 Å². The number of hydrogen-bond acceptors (Lipinski definition) is 6. The highest BCUT2D eigenvalue weighted by Crippen LogP contribution is 2.24. The predicted octanol–water partition coefficient (Wildman–Crippen LogP) is 0.229. The Bertz CT molecular complexity index is 451. The molecule has 1 amide bonds. The summed E-state index contributed by atoms with van der Waals surface area (Å²) in [7, 11) is -2.94. The molecule has 0 aromatic heterocycles. The Hall–Kier alpha value is -0.410. The molecule has 1 fully saturated rings. The highest BCUT2D eigenvalue weighted by molar-refractivity contribution is 8.02. The normalized spacial score (nSPS) is 22.4. The van der Waals surface area contributed by atoms with Crippen molar-refractivity contribution in [1.29, 1.82) is 0 Å². The lowest BCUT2D eigenvalue weighted by Crippen LogP contribution is -2.42. The lowest BCUT2D eigenvalue weighted by atomic mass is 10.2. The summed E-state index contributed by atoms with van der Waals surface area (Å²) in [5.41, 5.74) is 0. The number of hydrogen-bond donors (Lipinski definition) is 2. The molecule has 6 nitrogen and oxygen atoms in total. The number of aliphatic carboxylic acids is 1. The summed E-state index contributed by atoms with van der Waals surface area (Å²) in [5.74, 6) is -0.347. The average molecular weight is 341 g/mol. The van der Waals surface area contributed by atoms with E-state index >= 15 is 0 Å². The van der Waals surface area contributed by atoms with Crippen molar-refractivity contribution in [3.05, 3.63) is 0 Å². The molecule has 1 aliphatic rings. The first-order valence-corrected chi connectivity index (χ1v) is 10.4. The minimum absolute atomic E-state index is 0.0553. The SMILES string of the molecule is CSCC[C@@H](NC(=O)CSC1CCS(=O)(=O)C1)C(=O)O. The Balaban J connectivity index is 2.33. The standard InChI is InChI=1S/C11H19NO5S3/c1-18-4-2-9(11(14)15)12-10(13)6-19-8-3-5-20(16,17)7-8/h8-9H,2-7H2,1H3,(H,12,13)(H,14,15)/t8?,9-/m1/s1. The lowest BCUT2D eigenvalue weighted by Gasteiger charge is -2.14. The van der Waals surface area contributed by atoms with E-state index in [1.54, 1.807) is 0 Å². The molecule has 1 heterocycles. The van der Waals surface area contributed by atoms with Crippen LogP contribution in [0, 0.1) is 0 Å². The molecule has 20 heavy (non-hydrogen) atoms. The van der Waals surface area contributed by atoms with Crippen molar-refractivity contribution in [1.82, 2.24) is 5.32 Å². The zero-order chi connectivity index (χ0) is 15.2. The lowest BCUT2D eigenvalue weighted by molar-refractivity contribution is -0.141. The second-order valence-electron chi connectivity index (χ2n) is 4.58. The molecular weight excluding hydrogens is 322 g/mol. The number of carbonyl (C=O) groups excluding carboxylic acids is 1. The second kappa shape index (κ2) is 8.14. The fourth-order valence-electron chi connectivity index (χ4n) is 1.81. The van der Waals surface area contributed by atoms with Crippen LogP contribution in [0.25, 0.3) is 0 Å². The van der Waals surface area contributed by atoms with Gasteiger partial charge in [0.2, 0.25) is 5.91 Å². The summed E-state index contributed by atoms with van der Waals surface area (Å²) >= 11 is 2.80. The van der Waals surface area contributed by atoms with Gasteiger partial charge in [0, 0.05) is 5.25 Å². The van der Waals surface area contributed by atoms with Gasteiger partial charge in [-0.1, -0.05) is 0 Å².